The van der Waals surface area contributed by atoms with E-state index in [0.29, 0.717) is 10.4 Å². The summed E-state index contributed by atoms with van der Waals surface area (Å²) in [6, 6.07) is 2.92. The van der Waals surface area contributed by atoms with Crippen LogP contribution >= 0.6 is 15.9 Å². The molecule has 136 valence electrons. The molecule has 1 aliphatic rings. The van der Waals surface area contributed by atoms with Crippen molar-refractivity contribution in [3.8, 4) is 0 Å². The monoisotopic (exact) mass is 419 g/mol. The van der Waals surface area contributed by atoms with Gasteiger partial charge < -0.3 is 9.42 Å². The van der Waals surface area contributed by atoms with Crippen LogP contribution in [0.5, 0.6) is 0 Å². The Bertz CT molecular complexity index is 923. The molecule has 1 aliphatic heterocycles. The lowest BCUT2D eigenvalue weighted by Gasteiger charge is -2.32. The number of hydrogen-bond donors (Lipinski definition) is 0. The largest absolute Gasteiger partial charge is 0.356 e. The molecule has 0 spiro atoms. The lowest BCUT2D eigenvalue weighted by molar-refractivity contribution is 0.363. The Balaban J connectivity index is 1.54. The summed E-state index contributed by atoms with van der Waals surface area (Å²) in [5.41, 5.74) is 0.723. The fourth-order valence-corrected chi connectivity index (χ4v) is 3.96. The van der Waals surface area contributed by atoms with Gasteiger partial charge in [-0.05, 0) is 47.3 Å². The van der Waals surface area contributed by atoms with Gasteiger partial charge in [-0.2, -0.15) is 4.98 Å². The van der Waals surface area contributed by atoms with Crippen molar-refractivity contribution in [1.82, 2.24) is 20.1 Å². The molecule has 0 unspecified atom stereocenters. The quantitative estimate of drug-likeness (QED) is 0.629. The van der Waals surface area contributed by atoms with Gasteiger partial charge in [-0.25, -0.2) is 14.4 Å². The number of anilines is 1. The van der Waals surface area contributed by atoms with E-state index in [1.165, 1.54) is 18.5 Å². The third-order valence-corrected chi connectivity index (χ3v) is 5.35. The van der Waals surface area contributed by atoms with Crippen molar-refractivity contribution in [3.05, 3.63) is 40.5 Å². The zero-order valence-corrected chi connectivity index (χ0v) is 16.0. The van der Waals surface area contributed by atoms with E-state index < -0.39 is 0 Å². The molecule has 0 saturated carbocycles. The standard InChI is InChI=1S/C18H19BrFN5O/c1-2-3-15-23-17(24-26-15)11-4-6-25(7-5-11)18-13-8-12(20)9-14(19)16(13)21-10-22-18/h8-11H,2-7H2,1H3. The van der Waals surface area contributed by atoms with E-state index in [0.717, 1.165) is 61.3 Å². The number of aryl methyl sites for hydroxylation is 1. The maximum absolute atomic E-state index is 13.9. The molecule has 1 saturated heterocycles. The second kappa shape index (κ2) is 7.26. The second-order valence-corrected chi connectivity index (χ2v) is 7.39. The first-order valence-corrected chi connectivity index (χ1v) is 9.62. The van der Waals surface area contributed by atoms with E-state index in [1.807, 2.05) is 0 Å². The summed E-state index contributed by atoms with van der Waals surface area (Å²) < 4.78 is 19.8. The zero-order valence-electron chi connectivity index (χ0n) is 14.5. The van der Waals surface area contributed by atoms with E-state index in [1.54, 1.807) is 0 Å². The maximum Gasteiger partial charge on any atom is 0.226 e. The van der Waals surface area contributed by atoms with Crippen LogP contribution in [0.3, 0.4) is 0 Å². The molecule has 8 heteroatoms. The van der Waals surface area contributed by atoms with Crippen molar-refractivity contribution < 1.29 is 8.91 Å². The predicted molar refractivity (Wildman–Crippen MR) is 99.7 cm³/mol. The Kier molecular flexibility index (Phi) is 4.84. The van der Waals surface area contributed by atoms with Crippen LogP contribution in [-0.4, -0.2) is 33.2 Å². The second-order valence-electron chi connectivity index (χ2n) is 6.54. The van der Waals surface area contributed by atoms with Crippen molar-refractivity contribution in [1.29, 1.82) is 0 Å². The van der Waals surface area contributed by atoms with Crippen molar-refractivity contribution >= 4 is 32.7 Å². The Morgan fingerprint density at radius 2 is 2.08 bits per heavy atom. The number of hydrogen-bond acceptors (Lipinski definition) is 6. The number of nitrogens with zero attached hydrogens (tertiary/aromatic N) is 5. The van der Waals surface area contributed by atoms with Crippen LogP contribution in [0.15, 0.2) is 27.5 Å². The van der Waals surface area contributed by atoms with Crippen LogP contribution in [0.2, 0.25) is 0 Å². The van der Waals surface area contributed by atoms with Gasteiger partial charge in [-0.15, -0.1) is 0 Å². The highest BCUT2D eigenvalue weighted by atomic mass is 79.9. The first kappa shape index (κ1) is 17.3. The number of aromatic nitrogens is 4. The average molecular weight is 420 g/mol. The fraction of sp³-hybridized carbons (Fsp3) is 0.444. The average Bonchev–Trinajstić information content (AvgIpc) is 3.10. The Morgan fingerprint density at radius 3 is 2.85 bits per heavy atom. The normalized spacial score (nSPS) is 15.7. The lowest BCUT2D eigenvalue weighted by Crippen LogP contribution is -2.34. The molecule has 0 aliphatic carbocycles. The number of rotatable bonds is 4. The number of benzene rings is 1. The van der Waals surface area contributed by atoms with E-state index in [9.17, 15) is 4.39 Å². The molecule has 1 aromatic carbocycles. The van der Waals surface area contributed by atoms with Crippen LogP contribution in [0.4, 0.5) is 10.2 Å². The number of halogens is 2. The van der Waals surface area contributed by atoms with Crippen LogP contribution in [0, 0.1) is 5.82 Å². The Hall–Kier alpha value is -2.09. The molecule has 0 radical (unpaired) electrons. The first-order chi connectivity index (χ1) is 12.7. The van der Waals surface area contributed by atoms with Crippen LogP contribution in [-0.2, 0) is 6.42 Å². The van der Waals surface area contributed by atoms with Crippen molar-refractivity contribution in [2.24, 2.45) is 0 Å². The van der Waals surface area contributed by atoms with Gasteiger partial charge in [0.05, 0.1) is 5.52 Å². The van der Waals surface area contributed by atoms with E-state index in [2.05, 4.69) is 47.9 Å². The van der Waals surface area contributed by atoms with Crippen molar-refractivity contribution in [3.63, 3.8) is 0 Å². The van der Waals surface area contributed by atoms with Gasteiger partial charge in [0, 0.05) is 35.3 Å². The fourth-order valence-electron chi connectivity index (χ4n) is 3.43. The van der Waals surface area contributed by atoms with Gasteiger partial charge in [0.2, 0.25) is 5.89 Å². The maximum atomic E-state index is 13.9. The molecule has 0 bridgehead atoms. The van der Waals surface area contributed by atoms with Gasteiger partial charge in [0.25, 0.3) is 0 Å². The molecule has 0 amide bonds. The van der Waals surface area contributed by atoms with Crippen LogP contribution in [0.25, 0.3) is 10.9 Å². The van der Waals surface area contributed by atoms with E-state index in [4.69, 9.17) is 4.52 Å². The van der Waals surface area contributed by atoms with Crippen molar-refractivity contribution in [2.75, 3.05) is 18.0 Å². The molecule has 3 aromatic rings. The van der Waals surface area contributed by atoms with E-state index in [-0.39, 0.29) is 11.7 Å². The molecule has 0 atom stereocenters. The third-order valence-electron chi connectivity index (χ3n) is 4.74. The minimum Gasteiger partial charge on any atom is -0.356 e. The van der Waals surface area contributed by atoms with E-state index >= 15 is 0 Å². The van der Waals surface area contributed by atoms with Crippen molar-refractivity contribution in [2.45, 2.75) is 38.5 Å². The Labute approximate surface area is 159 Å². The summed E-state index contributed by atoms with van der Waals surface area (Å²) in [5, 5.41) is 4.87. The highest BCUT2D eigenvalue weighted by Gasteiger charge is 2.26. The highest BCUT2D eigenvalue weighted by Crippen LogP contribution is 2.33. The highest BCUT2D eigenvalue weighted by molar-refractivity contribution is 9.10. The number of piperidine rings is 1. The topological polar surface area (TPSA) is 67.9 Å². The Morgan fingerprint density at radius 1 is 1.27 bits per heavy atom. The van der Waals surface area contributed by atoms with Gasteiger partial charge >= 0.3 is 0 Å². The van der Waals surface area contributed by atoms with Gasteiger partial charge in [-0.3, -0.25) is 0 Å². The molecule has 6 nitrogen and oxygen atoms in total. The van der Waals surface area contributed by atoms with Gasteiger partial charge in [0.15, 0.2) is 5.82 Å². The first-order valence-electron chi connectivity index (χ1n) is 8.83. The SMILES string of the molecule is CCCc1nc(C2CCN(c3ncnc4c(Br)cc(F)cc34)CC2)no1. The summed E-state index contributed by atoms with van der Waals surface area (Å²) in [6.45, 7) is 3.71. The van der Waals surface area contributed by atoms with Gasteiger partial charge in [0.1, 0.15) is 18.0 Å². The van der Waals surface area contributed by atoms with Gasteiger partial charge in [-0.1, -0.05) is 12.1 Å². The summed E-state index contributed by atoms with van der Waals surface area (Å²) in [4.78, 5) is 15.4. The summed E-state index contributed by atoms with van der Waals surface area (Å²) in [5.74, 6) is 2.28. The zero-order chi connectivity index (χ0) is 18.1. The minimum atomic E-state index is -0.300. The minimum absolute atomic E-state index is 0.289. The molecule has 0 N–H and O–H groups in total. The molecular formula is C18H19BrFN5O. The number of fused-ring (bicyclic) bond motifs is 1. The van der Waals surface area contributed by atoms with Crippen LogP contribution in [0.1, 0.15) is 43.8 Å². The smallest absolute Gasteiger partial charge is 0.226 e. The molecule has 4 rings (SSSR count). The predicted octanol–water partition coefficient (Wildman–Crippen LogP) is 4.25. The summed E-state index contributed by atoms with van der Waals surface area (Å²) in [7, 11) is 0. The summed E-state index contributed by atoms with van der Waals surface area (Å²) >= 11 is 3.39. The lowest BCUT2D eigenvalue weighted by atomic mass is 9.96. The summed E-state index contributed by atoms with van der Waals surface area (Å²) in [6.07, 6.45) is 5.16. The van der Waals surface area contributed by atoms with Crippen LogP contribution < -0.4 is 4.90 Å². The molecule has 1 fully saturated rings. The molecule has 2 aromatic heterocycles. The molecule has 26 heavy (non-hydrogen) atoms. The molecule has 3 heterocycles. The molecular weight excluding hydrogens is 401 g/mol. The third kappa shape index (κ3) is 3.30.